The van der Waals surface area contributed by atoms with Gasteiger partial charge in [0, 0.05) is 44.6 Å². The molecule has 0 saturated carbocycles. The zero-order chi connectivity index (χ0) is 17.8. The Hall–Kier alpha value is -2.41. The van der Waals surface area contributed by atoms with E-state index >= 15 is 0 Å². The van der Waals surface area contributed by atoms with Gasteiger partial charge in [-0.15, -0.1) is 0 Å². The minimum Gasteiger partial charge on any atom is -0.482 e. The molecule has 134 valence electrons. The van der Waals surface area contributed by atoms with E-state index in [1.165, 1.54) is 0 Å². The number of Topliss-reactive ketones (excluding diaryl/α,β-unsaturated/α-hetero) is 1. The summed E-state index contributed by atoms with van der Waals surface area (Å²) in [5.41, 5.74) is 0.984. The fourth-order valence-electron chi connectivity index (χ4n) is 3.09. The van der Waals surface area contributed by atoms with Crippen LogP contribution in [0.1, 0.15) is 30.1 Å². The van der Waals surface area contributed by atoms with Crippen LogP contribution in [0.25, 0.3) is 0 Å². The third-order valence-electron chi connectivity index (χ3n) is 4.67. The molecule has 0 atom stereocenters. The summed E-state index contributed by atoms with van der Waals surface area (Å²) in [6, 6.07) is 4.95. The third-order valence-corrected chi connectivity index (χ3v) is 4.67. The molecule has 1 fully saturated rings. The summed E-state index contributed by atoms with van der Waals surface area (Å²) >= 11 is 0. The molecule has 0 radical (unpaired) electrons. The normalized spacial score (nSPS) is 17.5. The number of nitrogens with one attached hydrogen (secondary N) is 1. The number of ketones is 1. The average molecular weight is 345 g/mol. The molecule has 1 saturated heterocycles. The van der Waals surface area contributed by atoms with Gasteiger partial charge in [-0.3, -0.25) is 14.4 Å². The standard InChI is InChI=1S/C18H23N3O4/c1-2-20-7-9-21(10-8-20)18(24)6-4-15(22)13-3-5-16-14(11-13)19-17(23)12-25-16/h3,5,11H,2,4,6-10,12H2,1H3,(H,19,23). The molecule has 7 nitrogen and oxygen atoms in total. The number of carbonyl (C=O) groups excluding carboxylic acids is 3. The second-order valence-electron chi connectivity index (χ2n) is 6.29. The summed E-state index contributed by atoms with van der Waals surface area (Å²) in [5.74, 6) is 0.237. The highest BCUT2D eigenvalue weighted by Gasteiger charge is 2.22. The largest absolute Gasteiger partial charge is 0.482 e. The van der Waals surface area contributed by atoms with Crippen molar-refractivity contribution in [2.45, 2.75) is 19.8 Å². The molecule has 0 spiro atoms. The number of ether oxygens (including phenoxy) is 1. The highest BCUT2D eigenvalue weighted by atomic mass is 16.5. The van der Waals surface area contributed by atoms with Crippen LogP contribution in [0, 0.1) is 0 Å². The van der Waals surface area contributed by atoms with Crippen LogP contribution >= 0.6 is 0 Å². The van der Waals surface area contributed by atoms with Crippen LogP contribution in [0.4, 0.5) is 5.69 Å². The number of nitrogens with zero attached hydrogens (tertiary/aromatic N) is 2. The van der Waals surface area contributed by atoms with Gasteiger partial charge in [0.2, 0.25) is 5.91 Å². The number of likely N-dealkylation sites (N-methyl/N-ethyl adjacent to an activating group) is 1. The van der Waals surface area contributed by atoms with Gasteiger partial charge in [-0.2, -0.15) is 0 Å². The van der Waals surface area contributed by atoms with E-state index in [1.807, 2.05) is 4.90 Å². The zero-order valence-corrected chi connectivity index (χ0v) is 14.4. The average Bonchev–Trinajstić information content (AvgIpc) is 2.65. The number of piperazine rings is 1. The highest BCUT2D eigenvalue weighted by molar-refractivity contribution is 6.01. The number of fused-ring (bicyclic) bond motifs is 1. The maximum absolute atomic E-state index is 12.4. The van der Waals surface area contributed by atoms with Gasteiger partial charge in [0.05, 0.1) is 5.69 Å². The minimum atomic E-state index is -0.238. The molecule has 0 bridgehead atoms. The fourth-order valence-corrected chi connectivity index (χ4v) is 3.09. The van der Waals surface area contributed by atoms with E-state index in [9.17, 15) is 14.4 Å². The number of hydrogen-bond acceptors (Lipinski definition) is 5. The molecule has 25 heavy (non-hydrogen) atoms. The Morgan fingerprint density at radius 3 is 2.64 bits per heavy atom. The van der Waals surface area contributed by atoms with Crippen molar-refractivity contribution in [1.82, 2.24) is 9.80 Å². The third kappa shape index (κ3) is 4.17. The predicted molar refractivity (Wildman–Crippen MR) is 92.8 cm³/mol. The summed E-state index contributed by atoms with van der Waals surface area (Å²) in [6.45, 7) is 6.33. The monoisotopic (exact) mass is 345 g/mol. The second-order valence-corrected chi connectivity index (χ2v) is 6.29. The molecule has 2 aliphatic heterocycles. The lowest BCUT2D eigenvalue weighted by molar-refractivity contribution is -0.132. The molecule has 7 heteroatoms. The van der Waals surface area contributed by atoms with Crippen molar-refractivity contribution in [2.75, 3.05) is 44.6 Å². The first kappa shape index (κ1) is 17.4. The van der Waals surface area contributed by atoms with Crippen molar-refractivity contribution in [3.63, 3.8) is 0 Å². The number of hydrogen-bond donors (Lipinski definition) is 1. The van der Waals surface area contributed by atoms with Gasteiger partial charge in [-0.05, 0) is 24.7 Å². The SMILES string of the molecule is CCN1CCN(C(=O)CCC(=O)c2ccc3c(c2)NC(=O)CO3)CC1. The van der Waals surface area contributed by atoms with Gasteiger partial charge in [0.15, 0.2) is 12.4 Å². The molecule has 3 rings (SSSR count). The first-order valence-corrected chi connectivity index (χ1v) is 8.67. The number of rotatable bonds is 5. The Morgan fingerprint density at radius 1 is 1.16 bits per heavy atom. The van der Waals surface area contributed by atoms with Gasteiger partial charge in [-0.25, -0.2) is 0 Å². The Kier molecular flexibility index (Phi) is 5.33. The van der Waals surface area contributed by atoms with E-state index in [2.05, 4.69) is 17.1 Å². The molecule has 2 aliphatic rings. The van der Waals surface area contributed by atoms with Crippen LogP contribution in [0.15, 0.2) is 18.2 Å². The Balaban J connectivity index is 1.53. The first-order valence-electron chi connectivity index (χ1n) is 8.67. The summed E-state index contributed by atoms with van der Waals surface area (Å²) in [5, 5.41) is 2.69. The summed E-state index contributed by atoms with van der Waals surface area (Å²) in [6.07, 6.45) is 0.380. The molecule has 1 aromatic carbocycles. The van der Waals surface area contributed by atoms with Crippen LogP contribution in [0.3, 0.4) is 0 Å². The van der Waals surface area contributed by atoms with E-state index in [0.29, 0.717) is 17.0 Å². The van der Waals surface area contributed by atoms with Crippen molar-refractivity contribution < 1.29 is 19.1 Å². The predicted octanol–water partition coefficient (Wildman–Crippen LogP) is 1.14. The fraction of sp³-hybridized carbons (Fsp3) is 0.500. The molecular formula is C18H23N3O4. The maximum Gasteiger partial charge on any atom is 0.262 e. The molecule has 0 aromatic heterocycles. The second kappa shape index (κ2) is 7.65. The van der Waals surface area contributed by atoms with Gasteiger partial charge >= 0.3 is 0 Å². The Morgan fingerprint density at radius 2 is 1.92 bits per heavy atom. The smallest absolute Gasteiger partial charge is 0.262 e. The molecule has 2 heterocycles. The van der Waals surface area contributed by atoms with Crippen molar-refractivity contribution in [3.8, 4) is 5.75 Å². The van der Waals surface area contributed by atoms with Crippen LogP contribution in [-0.2, 0) is 9.59 Å². The first-order chi connectivity index (χ1) is 12.1. The van der Waals surface area contributed by atoms with Crippen LogP contribution < -0.4 is 10.1 Å². The quantitative estimate of drug-likeness (QED) is 0.810. The van der Waals surface area contributed by atoms with E-state index in [1.54, 1.807) is 18.2 Å². The lowest BCUT2D eigenvalue weighted by atomic mass is 10.0. The summed E-state index contributed by atoms with van der Waals surface area (Å²) < 4.78 is 5.28. The van der Waals surface area contributed by atoms with E-state index in [4.69, 9.17) is 4.74 Å². The lowest BCUT2D eigenvalue weighted by Gasteiger charge is -2.34. The highest BCUT2D eigenvalue weighted by Crippen LogP contribution is 2.29. The summed E-state index contributed by atoms with van der Waals surface area (Å²) in [4.78, 5) is 40.2. The topological polar surface area (TPSA) is 79.0 Å². The number of benzene rings is 1. The molecule has 2 amide bonds. The van der Waals surface area contributed by atoms with Crippen molar-refractivity contribution in [3.05, 3.63) is 23.8 Å². The summed E-state index contributed by atoms with van der Waals surface area (Å²) in [7, 11) is 0. The van der Waals surface area contributed by atoms with E-state index < -0.39 is 0 Å². The van der Waals surface area contributed by atoms with Gasteiger partial charge in [0.25, 0.3) is 5.91 Å². The van der Waals surface area contributed by atoms with Crippen molar-refractivity contribution in [1.29, 1.82) is 0 Å². The zero-order valence-electron chi connectivity index (χ0n) is 14.4. The Labute approximate surface area is 146 Å². The molecule has 1 aromatic rings. The molecule has 0 aliphatic carbocycles. The molecular weight excluding hydrogens is 322 g/mol. The van der Waals surface area contributed by atoms with Crippen LogP contribution in [0.5, 0.6) is 5.75 Å². The molecule has 0 unspecified atom stereocenters. The van der Waals surface area contributed by atoms with E-state index in [0.717, 1.165) is 32.7 Å². The van der Waals surface area contributed by atoms with Gasteiger partial charge < -0.3 is 19.9 Å². The number of amides is 2. The lowest BCUT2D eigenvalue weighted by Crippen LogP contribution is -2.48. The molecule has 1 N–H and O–H groups in total. The Bertz CT molecular complexity index is 681. The number of carbonyl (C=O) groups is 3. The van der Waals surface area contributed by atoms with Gasteiger partial charge in [-0.1, -0.05) is 6.92 Å². The van der Waals surface area contributed by atoms with Crippen molar-refractivity contribution in [2.24, 2.45) is 0 Å². The van der Waals surface area contributed by atoms with Gasteiger partial charge in [0.1, 0.15) is 5.75 Å². The van der Waals surface area contributed by atoms with E-state index in [-0.39, 0.29) is 37.0 Å². The van der Waals surface area contributed by atoms with Crippen molar-refractivity contribution >= 4 is 23.3 Å². The van der Waals surface area contributed by atoms with Crippen LogP contribution in [-0.4, -0.2) is 66.7 Å². The number of anilines is 1. The minimum absolute atomic E-state index is 0.0138. The maximum atomic E-state index is 12.4. The van der Waals surface area contributed by atoms with Crippen LogP contribution in [0.2, 0.25) is 0 Å².